The van der Waals surface area contributed by atoms with Crippen molar-refractivity contribution in [2.45, 2.75) is 5.54 Å². The summed E-state index contributed by atoms with van der Waals surface area (Å²) >= 11 is 0. The van der Waals surface area contributed by atoms with E-state index in [-0.39, 0.29) is 5.57 Å². The average Bonchev–Trinajstić information content (AvgIpc) is 2.16. The van der Waals surface area contributed by atoms with Crippen LogP contribution in [-0.4, -0.2) is 38.8 Å². The number of carboxylic acid groups (broad SMARTS) is 3. The second kappa shape index (κ2) is 3.78. The lowest BCUT2D eigenvalue weighted by Gasteiger charge is -2.28. The molecule has 0 amide bonds. The van der Waals surface area contributed by atoms with E-state index in [1.807, 2.05) is 0 Å². The van der Waals surface area contributed by atoms with Crippen LogP contribution >= 0.6 is 0 Å². The Bertz CT molecular complexity index is 424. The van der Waals surface area contributed by atoms with Crippen LogP contribution in [0.5, 0.6) is 0 Å². The topological polar surface area (TPSA) is 138 Å². The molecule has 7 heteroatoms. The van der Waals surface area contributed by atoms with Gasteiger partial charge in [-0.15, -0.1) is 0 Å². The van der Waals surface area contributed by atoms with Crippen LogP contribution in [0.15, 0.2) is 23.8 Å². The number of carbonyl (C=O) groups is 3. The zero-order valence-corrected chi connectivity index (χ0v) is 7.95. The van der Waals surface area contributed by atoms with E-state index in [1.54, 1.807) is 0 Å². The van der Waals surface area contributed by atoms with Gasteiger partial charge < -0.3 is 21.1 Å². The number of hydrogen-bond acceptors (Lipinski definition) is 4. The molecule has 0 spiro atoms. The molecule has 0 heterocycles. The van der Waals surface area contributed by atoms with Crippen molar-refractivity contribution in [3.8, 4) is 0 Å². The molecule has 0 radical (unpaired) electrons. The molecule has 1 rings (SSSR count). The minimum absolute atomic E-state index is 0.345. The molecule has 1 aliphatic carbocycles. The standard InChI is InChI=1S/C9H9NO6/c10-9(8(15)16)3-4(6(11)12)1-2-5(9)7(13)14/h1-3,5H,10H2,(H,11,12)(H,13,14)(H,15,16). The molecule has 0 saturated carbocycles. The van der Waals surface area contributed by atoms with E-state index in [4.69, 9.17) is 21.1 Å². The van der Waals surface area contributed by atoms with Crippen molar-refractivity contribution in [3.05, 3.63) is 23.8 Å². The number of carboxylic acids is 3. The lowest BCUT2D eigenvalue weighted by atomic mass is 9.79. The monoisotopic (exact) mass is 227 g/mol. The molecule has 5 N–H and O–H groups in total. The molecule has 2 atom stereocenters. The first-order valence-corrected chi connectivity index (χ1v) is 4.18. The van der Waals surface area contributed by atoms with Crippen molar-refractivity contribution in [1.29, 1.82) is 0 Å². The minimum Gasteiger partial charge on any atom is -0.481 e. The van der Waals surface area contributed by atoms with Gasteiger partial charge in [0.1, 0.15) is 5.92 Å². The predicted octanol–water partition coefficient (Wildman–Crippen LogP) is -0.950. The third-order valence-electron chi connectivity index (χ3n) is 2.26. The highest BCUT2D eigenvalue weighted by molar-refractivity contribution is 5.97. The quantitative estimate of drug-likeness (QED) is 0.487. The van der Waals surface area contributed by atoms with Gasteiger partial charge in [0.25, 0.3) is 0 Å². The fraction of sp³-hybridized carbons (Fsp3) is 0.222. The molecule has 7 nitrogen and oxygen atoms in total. The Morgan fingerprint density at radius 1 is 1.25 bits per heavy atom. The maximum absolute atomic E-state index is 10.9. The van der Waals surface area contributed by atoms with Crippen LogP contribution in [0.25, 0.3) is 0 Å². The Hall–Kier alpha value is -2.15. The van der Waals surface area contributed by atoms with Gasteiger partial charge in [0.2, 0.25) is 0 Å². The Kier molecular flexibility index (Phi) is 2.82. The van der Waals surface area contributed by atoms with Gasteiger partial charge in [-0.05, 0) is 6.08 Å². The number of hydrogen-bond donors (Lipinski definition) is 4. The average molecular weight is 227 g/mol. The Morgan fingerprint density at radius 2 is 1.81 bits per heavy atom. The largest absolute Gasteiger partial charge is 0.481 e. The first-order valence-electron chi connectivity index (χ1n) is 4.18. The summed E-state index contributed by atoms with van der Waals surface area (Å²) < 4.78 is 0. The smallest absolute Gasteiger partial charge is 0.335 e. The van der Waals surface area contributed by atoms with Gasteiger partial charge in [0.05, 0.1) is 5.57 Å². The molecule has 0 bridgehead atoms. The fourth-order valence-corrected chi connectivity index (χ4v) is 1.37. The molecule has 2 unspecified atom stereocenters. The lowest BCUT2D eigenvalue weighted by Crippen LogP contribution is -2.55. The van der Waals surface area contributed by atoms with Gasteiger partial charge in [-0.2, -0.15) is 0 Å². The molecule has 1 aliphatic rings. The first kappa shape index (κ1) is 11.9. The summed E-state index contributed by atoms with van der Waals surface area (Å²) in [5.74, 6) is -5.88. The molecule has 0 fully saturated rings. The highest BCUT2D eigenvalue weighted by atomic mass is 16.4. The van der Waals surface area contributed by atoms with Gasteiger partial charge >= 0.3 is 17.9 Å². The molecule has 0 saturated heterocycles. The predicted molar refractivity (Wildman–Crippen MR) is 50.5 cm³/mol. The second-order valence-corrected chi connectivity index (χ2v) is 3.32. The van der Waals surface area contributed by atoms with Crippen LogP contribution in [0.3, 0.4) is 0 Å². The molecule has 0 aromatic rings. The summed E-state index contributed by atoms with van der Waals surface area (Å²) in [6.45, 7) is 0. The summed E-state index contributed by atoms with van der Waals surface area (Å²) in [5, 5.41) is 26.3. The lowest BCUT2D eigenvalue weighted by molar-refractivity contribution is -0.151. The zero-order valence-electron chi connectivity index (χ0n) is 7.95. The Labute approximate surface area is 89.5 Å². The van der Waals surface area contributed by atoms with Crippen LogP contribution in [0.4, 0.5) is 0 Å². The summed E-state index contributed by atoms with van der Waals surface area (Å²) in [6.07, 6.45) is 2.71. The highest BCUT2D eigenvalue weighted by Crippen LogP contribution is 2.26. The molecule has 0 aromatic heterocycles. The van der Waals surface area contributed by atoms with Gasteiger partial charge in [0.15, 0.2) is 5.54 Å². The van der Waals surface area contributed by atoms with Crippen LogP contribution in [0, 0.1) is 5.92 Å². The van der Waals surface area contributed by atoms with Crippen LogP contribution < -0.4 is 5.73 Å². The Morgan fingerprint density at radius 3 is 2.19 bits per heavy atom. The van der Waals surface area contributed by atoms with Crippen molar-refractivity contribution < 1.29 is 29.7 Å². The Balaban J connectivity index is 3.26. The van der Waals surface area contributed by atoms with E-state index in [9.17, 15) is 14.4 Å². The second-order valence-electron chi connectivity index (χ2n) is 3.32. The van der Waals surface area contributed by atoms with Crippen molar-refractivity contribution in [2.75, 3.05) is 0 Å². The number of nitrogens with two attached hydrogens (primary N) is 1. The fourth-order valence-electron chi connectivity index (χ4n) is 1.37. The SMILES string of the molecule is NC1(C(=O)O)C=C(C(=O)O)C=CC1C(=O)O. The van der Waals surface area contributed by atoms with Gasteiger partial charge in [0, 0.05) is 0 Å². The zero-order chi connectivity index (χ0) is 12.5. The van der Waals surface area contributed by atoms with Crippen molar-refractivity contribution in [3.63, 3.8) is 0 Å². The summed E-state index contributed by atoms with van der Waals surface area (Å²) in [6, 6.07) is 0. The van der Waals surface area contributed by atoms with Gasteiger partial charge in [-0.25, -0.2) is 9.59 Å². The molecule has 0 aromatic carbocycles. The number of rotatable bonds is 3. The first-order chi connectivity index (χ1) is 7.29. The maximum atomic E-state index is 10.9. The van der Waals surface area contributed by atoms with Crippen LogP contribution in [0.1, 0.15) is 0 Å². The van der Waals surface area contributed by atoms with Crippen molar-refractivity contribution in [2.24, 2.45) is 11.7 Å². The van der Waals surface area contributed by atoms with Gasteiger partial charge in [-0.1, -0.05) is 12.2 Å². The summed E-state index contributed by atoms with van der Waals surface area (Å²) in [7, 11) is 0. The van der Waals surface area contributed by atoms with Gasteiger partial charge in [-0.3, -0.25) is 4.79 Å². The van der Waals surface area contributed by atoms with Crippen LogP contribution in [0.2, 0.25) is 0 Å². The van der Waals surface area contributed by atoms with Crippen LogP contribution in [-0.2, 0) is 14.4 Å². The molecule has 0 aliphatic heterocycles. The summed E-state index contributed by atoms with van der Waals surface area (Å²) in [4.78, 5) is 32.3. The summed E-state index contributed by atoms with van der Waals surface area (Å²) in [5.41, 5.74) is 2.82. The van der Waals surface area contributed by atoms with E-state index in [1.165, 1.54) is 0 Å². The minimum atomic E-state index is -2.24. The normalized spacial score (nSPS) is 28.3. The molecule has 86 valence electrons. The molecular weight excluding hydrogens is 218 g/mol. The van der Waals surface area contributed by atoms with E-state index in [2.05, 4.69) is 0 Å². The third-order valence-corrected chi connectivity index (χ3v) is 2.26. The molecular formula is C9H9NO6. The highest BCUT2D eigenvalue weighted by Gasteiger charge is 2.46. The van der Waals surface area contributed by atoms with E-state index in [0.29, 0.717) is 0 Å². The number of aliphatic carboxylic acids is 3. The van der Waals surface area contributed by atoms with Crippen molar-refractivity contribution in [1.82, 2.24) is 0 Å². The van der Waals surface area contributed by atoms with E-state index in [0.717, 1.165) is 18.2 Å². The van der Waals surface area contributed by atoms with Crippen molar-refractivity contribution >= 4 is 17.9 Å². The molecule has 16 heavy (non-hydrogen) atoms. The van der Waals surface area contributed by atoms with E-state index >= 15 is 0 Å². The maximum Gasteiger partial charge on any atom is 0.335 e. The third kappa shape index (κ3) is 1.80. The van der Waals surface area contributed by atoms with E-state index < -0.39 is 29.4 Å².